The van der Waals surface area contributed by atoms with Gasteiger partial charge in [0.05, 0.1) is 6.04 Å². The van der Waals surface area contributed by atoms with E-state index in [9.17, 15) is 13.8 Å². The summed E-state index contributed by atoms with van der Waals surface area (Å²) in [6, 6.07) is 9.14. The first kappa shape index (κ1) is 17.4. The average molecular weight is 311 g/mol. The highest BCUT2D eigenvalue weighted by molar-refractivity contribution is 7.84. The van der Waals surface area contributed by atoms with Crippen LogP contribution in [0.2, 0.25) is 0 Å². The first-order chi connectivity index (χ1) is 9.99. The van der Waals surface area contributed by atoms with Crippen LogP contribution in [-0.2, 0) is 20.4 Å². The molecule has 0 heterocycles. The average Bonchev–Trinajstić information content (AvgIpc) is 2.43. The molecule has 0 saturated heterocycles. The van der Waals surface area contributed by atoms with Gasteiger partial charge < -0.3 is 10.4 Å². The van der Waals surface area contributed by atoms with Crippen LogP contribution in [0.15, 0.2) is 30.3 Å². The van der Waals surface area contributed by atoms with Gasteiger partial charge in [-0.2, -0.15) is 0 Å². The van der Waals surface area contributed by atoms with Crippen LogP contribution in [0.4, 0.5) is 0 Å². The predicted octanol–water partition coefficient (Wildman–Crippen LogP) is 1.87. The van der Waals surface area contributed by atoms with Crippen molar-refractivity contribution in [2.24, 2.45) is 0 Å². The molecule has 1 amide bonds. The van der Waals surface area contributed by atoms with Gasteiger partial charge in [-0.25, -0.2) is 0 Å². The molecular weight excluding hydrogens is 290 g/mol. The van der Waals surface area contributed by atoms with Crippen LogP contribution in [0.5, 0.6) is 0 Å². The second kappa shape index (κ2) is 9.28. The number of benzene rings is 1. The molecule has 1 rings (SSSR count). The van der Waals surface area contributed by atoms with Crippen molar-refractivity contribution in [3.05, 3.63) is 35.9 Å². The molecule has 116 valence electrons. The Kier molecular flexibility index (Phi) is 7.68. The molecule has 6 heteroatoms. The minimum atomic E-state index is -1.02. The van der Waals surface area contributed by atoms with E-state index in [1.165, 1.54) is 0 Å². The smallest absolute Gasteiger partial charge is 0.303 e. The molecule has 0 aliphatic rings. The van der Waals surface area contributed by atoms with E-state index in [-0.39, 0.29) is 24.8 Å². The zero-order valence-corrected chi connectivity index (χ0v) is 12.9. The molecule has 0 saturated carbocycles. The maximum Gasteiger partial charge on any atom is 0.303 e. The summed E-state index contributed by atoms with van der Waals surface area (Å²) in [5.41, 5.74) is 0.923. The molecule has 2 unspecified atom stereocenters. The fraction of sp³-hybridized carbons (Fsp3) is 0.467. The van der Waals surface area contributed by atoms with Crippen molar-refractivity contribution in [3.8, 4) is 0 Å². The number of unbranched alkanes of at least 4 members (excludes halogenated alkanes) is 1. The van der Waals surface area contributed by atoms with Crippen molar-refractivity contribution in [2.75, 3.05) is 12.0 Å². The Bertz CT molecular complexity index is 490. The number of hydrogen-bond donors (Lipinski definition) is 2. The standard InChI is InChI=1S/C15H21NO4S/c1-21(20)11-13(12-7-3-2-4-8-12)16-14(17)9-5-6-10-15(18)19/h2-4,7-8,13H,5-6,9-11H2,1H3,(H,16,17)(H,18,19). The van der Waals surface area contributed by atoms with E-state index in [0.717, 1.165) is 5.56 Å². The normalized spacial score (nSPS) is 13.4. The summed E-state index contributed by atoms with van der Waals surface area (Å²) in [6.45, 7) is 0. The van der Waals surface area contributed by atoms with Crippen molar-refractivity contribution in [2.45, 2.75) is 31.7 Å². The maximum atomic E-state index is 11.9. The fourth-order valence-corrected chi connectivity index (χ4v) is 2.71. The van der Waals surface area contributed by atoms with Crippen LogP contribution in [0.3, 0.4) is 0 Å². The number of carboxylic acid groups (broad SMARTS) is 1. The molecule has 2 atom stereocenters. The van der Waals surface area contributed by atoms with Gasteiger partial charge in [-0.15, -0.1) is 0 Å². The number of carboxylic acids is 1. The fourth-order valence-electron chi connectivity index (χ4n) is 1.97. The highest BCUT2D eigenvalue weighted by atomic mass is 32.2. The van der Waals surface area contributed by atoms with Crippen LogP contribution in [0, 0.1) is 0 Å². The summed E-state index contributed by atoms with van der Waals surface area (Å²) in [6.07, 6.45) is 2.99. The molecule has 0 fully saturated rings. The van der Waals surface area contributed by atoms with E-state index in [1.807, 2.05) is 30.3 Å². The molecule has 0 bridgehead atoms. The Balaban J connectivity index is 2.51. The van der Waals surface area contributed by atoms with Crippen LogP contribution >= 0.6 is 0 Å². The minimum Gasteiger partial charge on any atom is -0.481 e. The van der Waals surface area contributed by atoms with Crippen molar-refractivity contribution in [3.63, 3.8) is 0 Å². The molecule has 21 heavy (non-hydrogen) atoms. The van der Waals surface area contributed by atoms with Gasteiger partial charge in [-0.05, 0) is 18.4 Å². The van der Waals surface area contributed by atoms with Crippen LogP contribution < -0.4 is 5.32 Å². The SMILES string of the molecule is CS(=O)CC(NC(=O)CCCCC(=O)O)c1ccccc1. The number of carbonyl (C=O) groups excluding carboxylic acids is 1. The van der Waals surface area contributed by atoms with Gasteiger partial charge in [0.2, 0.25) is 5.91 Å². The summed E-state index contributed by atoms with van der Waals surface area (Å²) >= 11 is 0. The zero-order valence-electron chi connectivity index (χ0n) is 12.1. The molecular formula is C15H21NO4S. The number of rotatable bonds is 9. The summed E-state index contributed by atoms with van der Waals surface area (Å²) in [5, 5.41) is 11.4. The Morgan fingerprint density at radius 2 is 1.81 bits per heavy atom. The lowest BCUT2D eigenvalue weighted by atomic mass is 10.1. The van der Waals surface area contributed by atoms with Crippen molar-refractivity contribution >= 4 is 22.7 Å². The third-order valence-electron chi connectivity index (χ3n) is 2.98. The monoisotopic (exact) mass is 311 g/mol. The first-order valence-electron chi connectivity index (χ1n) is 6.85. The maximum absolute atomic E-state index is 11.9. The largest absolute Gasteiger partial charge is 0.481 e. The molecule has 1 aromatic rings. The minimum absolute atomic E-state index is 0.0777. The molecule has 2 N–H and O–H groups in total. The van der Waals surface area contributed by atoms with E-state index >= 15 is 0 Å². The lowest BCUT2D eigenvalue weighted by Crippen LogP contribution is -2.31. The number of carbonyl (C=O) groups is 2. The zero-order chi connectivity index (χ0) is 15.7. The number of aliphatic carboxylic acids is 1. The van der Waals surface area contributed by atoms with Crippen LogP contribution in [0.1, 0.15) is 37.3 Å². The number of nitrogens with one attached hydrogen (secondary N) is 1. The van der Waals surface area contributed by atoms with Crippen LogP contribution in [-0.4, -0.2) is 33.2 Å². The second-order valence-electron chi connectivity index (χ2n) is 4.87. The Morgan fingerprint density at radius 1 is 1.19 bits per heavy atom. The Morgan fingerprint density at radius 3 is 2.38 bits per heavy atom. The quantitative estimate of drug-likeness (QED) is 0.682. The molecule has 0 aliphatic carbocycles. The molecule has 0 aromatic heterocycles. The number of hydrogen-bond acceptors (Lipinski definition) is 3. The molecule has 1 aromatic carbocycles. The highest BCUT2D eigenvalue weighted by Crippen LogP contribution is 2.14. The summed E-state index contributed by atoms with van der Waals surface area (Å²) in [4.78, 5) is 22.3. The van der Waals surface area contributed by atoms with E-state index < -0.39 is 16.8 Å². The Labute approximate surface area is 127 Å². The summed E-state index contributed by atoms with van der Waals surface area (Å²) < 4.78 is 11.4. The van der Waals surface area contributed by atoms with Gasteiger partial charge in [0.25, 0.3) is 0 Å². The van der Waals surface area contributed by atoms with E-state index in [0.29, 0.717) is 18.6 Å². The van der Waals surface area contributed by atoms with Crippen molar-refractivity contribution in [1.29, 1.82) is 0 Å². The van der Waals surface area contributed by atoms with E-state index in [1.54, 1.807) is 6.26 Å². The topological polar surface area (TPSA) is 83.5 Å². The molecule has 0 aliphatic heterocycles. The Hall–Kier alpha value is -1.69. The van der Waals surface area contributed by atoms with Gasteiger partial charge in [0.1, 0.15) is 0 Å². The highest BCUT2D eigenvalue weighted by Gasteiger charge is 2.15. The van der Waals surface area contributed by atoms with E-state index in [4.69, 9.17) is 5.11 Å². The van der Waals surface area contributed by atoms with Crippen molar-refractivity contribution in [1.82, 2.24) is 5.32 Å². The van der Waals surface area contributed by atoms with E-state index in [2.05, 4.69) is 5.32 Å². The lowest BCUT2D eigenvalue weighted by Gasteiger charge is -2.18. The third-order valence-corrected chi connectivity index (χ3v) is 3.79. The summed E-state index contributed by atoms with van der Waals surface area (Å²) in [7, 11) is -1.02. The molecule has 5 nitrogen and oxygen atoms in total. The first-order valence-corrected chi connectivity index (χ1v) is 8.58. The van der Waals surface area contributed by atoms with Crippen LogP contribution in [0.25, 0.3) is 0 Å². The van der Waals surface area contributed by atoms with Gasteiger partial charge in [-0.1, -0.05) is 30.3 Å². The summed E-state index contributed by atoms with van der Waals surface area (Å²) in [5.74, 6) is -0.621. The van der Waals surface area contributed by atoms with Gasteiger partial charge in [0, 0.05) is 35.6 Å². The molecule has 0 spiro atoms. The third kappa shape index (κ3) is 7.60. The van der Waals surface area contributed by atoms with Crippen molar-refractivity contribution < 1.29 is 18.9 Å². The predicted molar refractivity (Wildman–Crippen MR) is 82.4 cm³/mol. The van der Waals surface area contributed by atoms with Gasteiger partial charge in [0.15, 0.2) is 0 Å². The number of amides is 1. The lowest BCUT2D eigenvalue weighted by molar-refractivity contribution is -0.137. The molecule has 0 radical (unpaired) electrons. The van der Waals surface area contributed by atoms with Gasteiger partial charge in [-0.3, -0.25) is 13.8 Å². The van der Waals surface area contributed by atoms with Gasteiger partial charge >= 0.3 is 5.97 Å². The second-order valence-corrected chi connectivity index (χ2v) is 6.35.